The number of benzene rings is 3. The summed E-state index contributed by atoms with van der Waals surface area (Å²) in [4.78, 5) is 26.7. The number of nitrogens with zero attached hydrogens (tertiary/aromatic N) is 1. The summed E-state index contributed by atoms with van der Waals surface area (Å²) in [6.45, 7) is 2.02. The number of rotatable bonds is 5. The van der Waals surface area contributed by atoms with Crippen molar-refractivity contribution in [2.75, 3.05) is 4.90 Å². The first-order valence-corrected chi connectivity index (χ1v) is 9.35. The Morgan fingerprint density at radius 2 is 1.61 bits per heavy atom. The zero-order valence-corrected chi connectivity index (χ0v) is 15.7. The summed E-state index contributed by atoms with van der Waals surface area (Å²) in [5.74, 6) is 0.796. The first-order valence-electron chi connectivity index (χ1n) is 9.35. The van der Waals surface area contributed by atoms with Crippen molar-refractivity contribution in [3.8, 4) is 11.5 Å². The Bertz CT molecular complexity index is 996. The maximum atomic E-state index is 12.9. The lowest BCUT2D eigenvalue weighted by Crippen LogP contribution is -2.30. The van der Waals surface area contributed by atoms with E-state index in [-0.39, 0.29) is 24.2 Å². The zero-order chi connectivity index (χ0) is 19.5. The summed E-state index contributed by atoms with van der Waals surface area (Å²) < 4.78 is 5.77. The molecule has 1 atom stereocenters. The Morgan fingerprint density at radius 3 is 2.32 bits per heavy atom. The fraction of sp³-hybridized carbons (Fsp3) is 0.167. The van der Waals surface area contributed by atoms with Gasteiger partial charge in [0.2, 0.25) is 11.8 Å². The monoisotopic (exact) mass is 371 g/mol. The number of anilines is 1. The van der Waals surface area contributed by atoms with Crippen molar-refractivity contribution in [3.05, 3.63) is 90.0 Å². The summed E-state index contributed by atoms with van der Waals surface area (Å²) in [6, 6.07) is 24.6. The number of para-hydroxylation sites is 1. The minimum atomic E-state index is -0.311. The number of ether oxygens (including phenoxy) is 1. The van der Waals surface area contributed by atoms with E-state index < -0.39 is 0 Å². The van der Waals surface area contributed by atoms with Crippen LogP contribution in [-0.2, 0) is 16.0 Å². The number of amides is 2. The van der Waals surface area contributed by atoms with Crippen LogP contribution in [0.25, 0.3) is 0 Å². The van der Waals surface area contributed by atoms with Crippen molar-refractivity contribution < 1.29 is 14.3 Å². The van der Waals surface area contributed by atoms with Gasteiger partial charge in [0.15, 0.2) is 0 Å². The van der Waals surface area contributed by atoms with Crippen molar-refractivity contribution in [2.24, 2.45) is 5.92 Å². The van der Waals surface area contributed by atoms with Crippen molar-refractivity contribution in [3.63, 3.8) is 0 Å². The summed E-state index contributed by atoms with van der Waals surface area (Å²) in [7, 11) is 0. The highest BCUT2D eigenvalue weighted by Crippen LogP contribution is 2.31. The van der Waals surface area contributed by atoms with Crippen LogP contribution in [0.1, 0.15) is 17.5 Å². The highest BCUT2D eigenvalue weighted by Gasteiger charge is 2.39. The molecule has 28 heavy (non-hydrogen) atoms. The molecule has 3 aromatic carbocycles. The number of hydrogen-bond donors (Lipinski definition) is 0. The summed E-state index contributed by atoms with van der Waals surface area (Å²) in [5, 5.41) is 0. The van der Waals surface area contributed by atoms with Crippen LogP contribution >= 0.6 is 0 Å². The largest absolute Gasteiger partial charge is 0.457 e. The van der Waals surface area contributed by atoms with E-state index in [0.717, 1.165) is 16.9 Å². The number of carbonyl (C=O) groups excluding carboxylic acids is 2. The minimum absolute atomic E-state index is 0.136. The zero-order valence-electron chi connectivity index (χ0n) is 15.7. The van der Waals surface area contributed by atoms with Gasteiger partial charge in [0.1, 0.15) is 11.5 Å². The molecule has 0 spiro atoms. The molecule has 0 aliphatic carbocycles. The fourth-order valence-corrected chi connectivity index (χ4v) is 3.54. The first kappa shape index (κ1) is 18.0. The molecule has 1 unspecified atom stereocenters. The minimum Gasteiger partial charge on any atom is -0.457 e. The molecule has 0 radical (unpaired) electrons. The highest BCUT2D eigenvalue weighted by atomic mass is 16.5. The topological polar surface area (TPSA) is 46.6 Å². The van der Waals surface area contributed by atoms with E-state index in [4.69, 9.17) is 4.74 Å². The van der Waals surface area contributed by atoms with E-state index >= 15 is 0 Å². The molecule has 1 aliphatic heterocycles. The van der Waals surface area contributed by atoms with Crippen molar-refractivity contribution in [2.45, 2.75) is 19.8 Å². The molecule has 1 fully saturated rings. The lowest BCUT2D eigenvalue weighted by Gasteiger charge is -2.16. The number of carbonyl (C=O) groups is 2. The SMILES string of the molecule is Cc1cccc(CC2CC(=O)N(c3ccc(Oc4ccccc4)cc3)C2=O)c1. The van der Waals surface area contributed by atoms with Gasteiger partial charge in [0.25, 0.3) is 0 Å². The molecule has 2 amide bonds. The Labute approximate surface area is 164 Å². The van der Waals surface area contributed by atoms with Gasteiger partial charge in [-0.05, 0) is 55.3 Å². The van der Waals surface area contributed by atoms with Crippen molar-refractivity contribution in [1.82, 2.24) is 0 Å². The average molecular weight is 371 g/mol. The smallest absolute Gasteiger partial charge is 0.237 e. The predicted molar refractivity (Wildman–Crippen MR) is 108 cm³/mol. The molecule has 0 saturated carbocycles. The van der Waals surface area contributed by atoms with Crippen LogP contribution in [-0.4, -0.2) is 11.8 Å². The highest BCUT2D eigenvalue weighted by molar-refractivity contribution is 6.21. The molecule has 0 aromatic heterocycles. The fourth-order valence-electron chi connectivity index (χ4n) is 3.54. The average Bonchev–Trinajstić information content (AvgIpc) is 2.97. The molecule has 1 saturated heterocycles. The van der Waals surface area contributed by atoms with Gasteiger partial charge < -0.3 is 4.74 Å². The van der Waals surface area contributed by atoms with E-state index in [1.54, 1.807) is 24.3 Å². The molecule has 3 aromatic rings. The van der Waals surface area contributed by atoms with E-state index in [1.807, 2.05) is 55.5 Å². The standard InChI is InChI=1S/C24H21NO3/c1-17-6-5-7-18(14-17)15-19-16-23(26)25(24(19)27)20-10-12-22(13-11-20)28-21-8-3-2-4-9-21/h2-14,19H,15-16H2,1H3. The van der Waals surface area contributed by atoms with Gasteiger partial charge in [-0.3, -0.25) is 14.5 Å². The molecule has 0 bridgehead atoms. The maximum absolute atomic E-state index is 12.9. The van der Waals surface area contributed by atoms with Crippen LogP contribution in [0.4, 0.5) is 5.69 Å². The molecule has 4 nitrogen and oxygen atoms in total. The Hall–Kier alpha value is -3.40. The second kappa shape index (κ2) is 7.69. The van der Waals surface area contributed by atoms with Crippen LogP contribution in [0.15, 0.2) is 78.9 Å². The van der Waals surface area contributed by atoms with Gasteiger partial charge in [0.05, 0.1) is 11.6 Å². The van der Waals surface area contributed by atoms with Crippen molar-refractivity contribution in [1.29, 1.82) is 0 Å². The lowest BCUT2D eigenvalue weighted by molar-refractivity contribution is -0.122. The summed E-state index contributed by atoms with van der Waals surface area (Å²) in [6.07, 6.45) is 0.826. The quantitative estimate of drug-likeness (QED) is 0.599. The van der Waals surface area contributed by atoms with Gasteiger partial charge in [-0.25, -0.2) is 0 Å². The molecular weight excluding hydrogens is 350 g/mol. The summed E-state index contributed by atoms with van der Waals surface area (Å²) >= 11 is 0. The molecular formula is C24H21NO3. The van der Waals surface area contributed by atoms with E-state index in [1.165, 1.54) is 4.90 Å². The first-order chi connectivity index (χ1) is 13.6. The third kappa shape index (κ3) is 3.81. The van der Waals surface area contributed by atoms with Gasteiger partial charge in [-0.1, -0.05) is 48.0 Å². The van der Waals surface area contributed by atoms with Gasteiger partial charge >= 0.3 is 0 Å². The molecule has 1 heterocycles. The number of aryl methyl sites for hydroxylation is 1. The number of hydrogen-bond acceptors (Lipinski definition) is 3. The molecule has 140 valence electrons. The molecule has 4 rings (SSSR count). The Morgan fingerprint density at radius 1 is 0.893 bits per heavy atom. The van der Waals surface area contributed by atoms with Crippen molar-refractivity contribution >= 4 is 17.5 Å². The normalized spacial score (nSPS) is 16.5. The van der Waals surface area contributed by atoms with Crippen LogP contribution in [0.3, 0.4) is 0 Å². The Kier molecular flexibility index (Phi) is 4.94. The third-order valence-electron chi connectivity index (χ3n) is 4.88. The van der Waals surface area contributed by atoms with E-state index in [9.17, 15) is 9.59 Å². The van der Waals surface area contributed by atoms with Crippen LogP contribution in [0, 0.1) is 12.8 Å². The van der Waals surface area contributed by atoms with Gasteiger partial charge in [-0.2, -0.15) is 0 Å². The lowest BCUT2D eigenvalue weighted by atomic mass is 9.97. The van der Waals surface area contributed by atoms with Gasteiger partial charge in [0, 0.05) is 6.42 Å². The molecule has 4 heteroatoms. The van der Waals surface area contributed by atoms with E-state index in [2.05, 4.69) is 6.07 Å². The van der Waals surface area contributed by atoms with Crippen LogP contribution in [0.2, 0.25) is 0 Å². The Balaban J connectivity index is 1.48. The second-order valence-corrected chi connectivity index (χ2v) is 7.07. The van der Waals surface area contributed by atoms with E-state index in [0.29, 0.717) is 17.9 Å². The summed E-state index contributed by atoms with van der Waals surface area (Å²) in [5.41, 5.74) is 2.82. The maximum Gasteiger partial charge on any atom is 0.237 e. The second-order valence-electron chi connectivity index (χ2n) is 7.07. The third-order valence-corrected chi connectivity index (χ3v) is 4.88. The van der Waals surface area contributed by atoms with Gasteiger partial charge in [-0.15, -0.1) is 0 Å². The number of imide groups is 1. The van der Waals surface area contributed by atoms with Crippen LogP contribution < -0.4 is 9.64 Å². The molecule has 1 aliphatic rings. The predicted octanol–water partition coefficient (Wildman–Crippen LogP) is 4.91. The molecule has 0 N–H and O–H groups in total. The van der Waals surface area contributed by atoms with Crippen LogP contribution in [0.5, 0.6) is 11.5 Å².